The van der Waals surface area contributed by atoms with E-state index in [4.69, 9.17) is 4.74 Å². The molecule has 0 aromatic heterocycles. The molecule has 3 amide bonds. The van der Waals surface area contributed by atoms with Crippen molar-refractivity contribution in [2.24, 2.45) is 17.8 Å². The summed E-state index contributed by atoms with van der Waals surface area (Å²) in [6.07, 6.45) is 8.12. The molecule has 1 rings (SSSR count). The Balaban J connectivity index is 2.59. The summed E-state index contributed by atoms with van der Waals surface area (Å²) in [7, 11) is 3.28. The molecule has 194 valence electrons. The molecule has 0 bridgehead atoms. The molecule has 0 fully saturated rings. The number of rotatable bonds is 17. The number of nitrogens with zero attached hydrogens (tertiary/aromatic N) is 2. The topological polar surface area (TPSA) is 104 Å². The van der Waals surface area contributed by atoms with Gasteiger partial charge in [0.2, 0.25) is 5.91 Å². The summed E-state index contributed by atoms with van der Waals surface area (Å²) < 4.78 is 5.52. The number of hydrogen-bond acceptors (Lipinski definition) is 5. The van der Waals surface area contributed by atoms with Gasteiger partial charge in [0, 0.05) is 38.8 Å². The predicted octanol–water partition coefficient (Wildman–Crippen LogP) is 3.89. The second-order valence-electron chi connectivity index (χ2n) is 9.77. The van der Waals surface area contributed by atoms with Gasteiger partial charge < -0.3 is 14.7 Å². The summed E-state index contributed by atoms with van der Waals surface area (Å²) in [4.78, 5) is 51.0. The Morgan fingerprint density at radius 1 is 1.03 bits per heavy atom. The predicted molar refractivity (Wildman–Crippen MR) is 131 cm³/mol. The van der Waals surface area contributed by atoms with E-state index < -0.39 is 12.1 Å². The minimum absolute atomic E-state index is 0.0475. The Kier molecular flexibility index (Phi) is 13.1. The van der Waals surface area contributed by atoms with Gasteiger partial charge in [0.1, 0.15) is 0 Å². The number of amides is 3. The van der Waals surface area contributed by atoms with Crippen molar-refractivity contribution in [2.75, 3.05) is 20.7 Å². The first kappa shape index (κ1) is 29.8. The van der Waals surface area contributed by atoms with Crippen molar-refractivity contribution in [3.63, 3.8) is 0 Å². The van der Waals surface area contributed by atoms with Crippen LogP contribution < -0.4 is 0 Å². The average Bonchev–Trinajstić information content (AvgIpc) is 3.10. The molecule has 0 spiro atoms. The van der Waals surface area contributed by atoms with Crippen molar-refractivity contribution in [3.05, 3.63) is 12.2 Å². The maximum absolute atomic E-state index is 13.5. The lowest BCUT2D eigenvalue weighted by atomic mass is 9.86. The van der Waals surface area contributed by atoms with E-state index in [0.29, 0.717) is 6.54 Å². The van der Waals surface area contributed by atoms with Crippen molar-refractivity contribution in [2.45, 2.75) is 91.2 Å². The lowest BCUT2D eigenvalue weighted by Gasteiger charge is -2.39. The van der Waals surface area contributed by atoms with Gasteiger partial charge in [-0.25, -0.2) is 0 Å². The highest BCUT2D eigenvalue weighted by molar-refractivity contribution is 6.12. The first-order valence-corrected chi connectivity index (χ1v) is 12.6. The van der Waals surface area contributed by atoms with E-state index in [0.717, 1.165) is 44.9 Å². The van der Waals surface area contributed by atoms with Crippen LogP contribution in [0.2, 0.25) is 0 Å². The van der Waals surface area contributed by atoms with Crippen LogP contribution in [0.3, 0.4) is 0 Å². The van der Waals surface area contributed by atoms with Gasteiger partial charge in [-0.15, -0.1) is 0 Å². The quantitative estimate of drug-likeness (QED) is 0.250. The summed E-state index contributed by atoms with van der Waals surface area (Å²) in [6.45, 7) is 8.63. The molecule has 1 heterocycles. The van der Waals surface area contributed by atoms with E-state index in [2.05, 4.69) is 13.8 Å². The molecule has 0 aromatic rings. The molecule has 0 radical (unpaired) electrons. The van der Waals surface area contributed by atoms with Crippen molar-refractivity contribution in [3.8, 4) is 0 Å². The molecule has 8 nitrogen and oxygen atoms in total. The molecule has 8 heteroatoms. The molecule has 1 aliphatic rings. The van der Waals surface area contributed by atoms with E-state index in [1.807, 2.05) is 13.8 Å². The van der Waals surface area contributed by atoms with Gasteiger partial charge in [0.25, 0.3) is 11.8 Å². The Bertz CT molecular complexity index is 702. The molecule has 0 saturated carbocycles. The normalized spacial score (nSPS) is 17.2. The van der Waals surface area contributed by atoms with E-state index in [1.165, 1.54) is 24.2 Å². The maximum atomic E-state index is 13.5. The monoisotopic (exact) mass is 480 g/mol. The standard InChI is InChI=1S/C26H44N2O6/c1-7-19(4)25(21(34-6)17-24(31)32)27(5)26(33)20(18(2)3)13-11-9-8-10-12-16-28-22(29)14-15-23(28)30/h14-15,18-21,25H,7-13,16-17H2,1-6H3,(H,31,32)/t19-,20-,21+,25-/m0/s1. The molecular formula is C26H44N2O6. The second-order valence-corrected chi connectivity index (χ2v) is 9.77. The Morgan fingerprint density at radius 2 is 1.59 bits per heavy atom. The minimum Gasteiger partial charge on any atom is -0.481 e. The number of likely N-dealkylation sites (N-methyl/N-ethyl adjacent to an activating group) is 1. The number of carboxylic acid groups (broad SMARTS) is 1. The van der Waals surface area contributed by atoms with Crippen LogP contribution in [0.4, 0.5) is 0 Å². The van der Waals surface area contributed by atoms with Crippen molar-refractivity contribution in [1.29, 1.82) is 0 Å². The number of hydrogen-bond donors (Lipinski definition) is 1. The summed E-state index contributed by atoms with van der Waals surface area (Å²) in [5.41, 5.74) is 0. The van der Waals surface area contributed by atoms with Gasteiger partial charge in [0.15, 0.2) is 0 Å². The van der Waals surface area contributed by atoms with Gasteiger partial charge in [-0.05, 0) is 24.7 Å². The summed E-state index contributed by atoms with van der Waals surface area (Å²) in [5, 5.41) is 9.31. The first-order chi connectivity index (χ1) is 16.0. The Morgan fingerprint density at radius 3 is 2.09 bits per heavy atom. The number of imide groups is 1. The van der Waals surface area contributed by atoms with Crippen LogP contribution >= 0.6 is 0 Å². The number of carbonyl (C=O) groups is 4. The third-order valence-corrected chi connectivity index (χ3v) is 7.00. The largest absolute Gasteiger partial charge is 0.481 e. The molecule has 0 aromatic carbocycles. The highest BCUT2D eigenvalue weighted by Gasteiger charge is 2.36. The van der Waals surface area contributed by atoms with Gasteiger partial charge in [0.05, 0.1) is 18.6 Å². The Hall–Kier alpha value is -2.22. The second kappa shape index (κ2) is 14.9. The number of carboxylic acids is 1. The smallest absolute Gasteiger partial charge is 0.306 e. The van der Waals surface area contributed by atoms with Crippen molar-refractivity contribution < 1.29 is 29.0 Å². The van der Waals surface area contributed by atoms with E-state index >= 15 is 0 Å². The zero-order valence-electron chi connectivity index (χ0n) is 21.8. The van der Waals surface area contributed by atoms with E-state index in [9.17, 15) is 24.3 Å². The minimum atomic E-state index is -0.934. The SMILES string of the molecule is CC[C@H](C)[C@@H]([C@@H](CC(=O)O)OC)N(C)C(=O)[C@@H](CCCCCCCN1C(=O)C=CC1=O)C(C)C. The lowest BCUT2D eigenvalue weighted by molar-refractivity contribution is -0.148. The lowest BCUT2D eigenvalue weighted by Crippen LogP contribution is -2.52. The van der Waals surface area contributed by atoms with Crippen LogP contribution in [0.5, 0.6) is 0 Å². The summed E-state index contributed by atoms with van der Waals surface area (Å²) >= 11 is 0. The highest BCUT2D eigenvalue weighted by Crippen LogP contribution is 2.27. The van der Waals surface area contributed by atoms with Gasteiger partial charge in [-0.2, -0.15) is 0 Å². The number of ether oxygens (including phenoxy) is 1. The summed E-state index contributed by atoms with van der Waals surface area (Å²) in [5.74, 6) is -1.21. The van der Waals surface area contributed by atoms with E-state index in [-0.39, 0.29) is 47.9 Å². The number of carbonyl (C=O) groups excluding carboxylic acids is 3. The molecule has 0 unspecified atom stereocenters. The van der Waals surface area contributed by atoms with Crippen LogP contribution in [0.15, 0.2) is 12.2 Å². The third-order valence-electron chi connectivity index (χ3n) is 7.00. The van der Waals surface area contributed by atoms with Crippen molar-refractivity contribution >= 4 is 23.7 Å². The first-order valence-electron chi connectivity index (χ1n) is 12.6. The number of aliphatic carboxylic acids is 1. The zero-order valence-corrected chi connectivity index (χ0v) is 21.8. The average molecular weight is 481 g/mol. The molecule has 1 N–H and O–H groups in total. The van der Waals surface area contributed by atoms with Gasteiger partial charge in [-0.3, -0.25) is 24.1 Å². The van der Waals surface area contributed by atoms with Crippen LogP contribution in [0, 0.1) is 17.8 Å². The Labute approximate surface area is 204 Å². The van der Waals surface area contributed by atoms with Gasteiger partial charge in [-0.1, -0.05) is 59.8 Å². The fraction of sp³-hybridized carbons (Fsp3) is 0.769. The fourth-order valence-corrected chi connectivity index (χ4v) is 4.72. The molecule has 34 heavy (non-hydrogen) atoms. The number of unbranched alkanes of at least 4 members (excludes halogenated alkanes) is 4. The highest BCUT2D eigenvalue weighted by atomic mass is 16.5. The molecule has 0 saturated heterocycles. The molecule has 1 aliphatic heterocycles. The third kappa shape index (κ3) is 8.85. The molecule has 0 aliphatic carbocycles. The van der Waals surface area contributed by atoms with Crippen LogP contribution in [-0.4, -0.2) is 71.4 Å². The maximum Gasteiger partial charge on any atom is 0.306 e. The number of methoxy groups -OCH3 is 1. The zero-order chi connectivity index (χ0) is 25.8. The summed E-state index contributed by atoms with van der Waals surface area (Å²) in [6, 6.07) is -0.301. The van der Waals surface area contributed by atoms with Crippen molar-refractivity contribution in [1.82, 2.24) is 9.80 Å². The van der Waals surface area contributed by atoms with Gasteiger partial charge >= 0.3 is 5.97 Å². The molecule has 4 atom stereocenters. The van der Waals surface area contributed by atoms with Crippen LogP contribution in [0.25, 0.3) is 0 Å². The molecular weight excluding hydrogens is 436 g/mol. The van der Waals surface area contributed by atoms with E-state index in [1.54, 1.807) is 11.9 Å². The van der Waals surface area contributed by atoms with Crippen LogP contribution in [-0.2, 0) is 23.9 Å². The fourth-order valence-electron chi connectivity index (χ4n) is 4.72. The van der Waals surface area contributed by atoms with Crippen LogP contribution in [0.1, 0.15) is 79.1 Å².